The van der Waals surface area contributed by atoms with Gasteiger partial charge >= 0.3 is 5.97 Å². The maximum absolute atomic E-state index is 13.7. The van der Waals surface area contributed by atoms with E-state index in [0.717, 1.165) is 37.8 Å². The highest BCUT2D eigenvalue weighted by Crippen LogP contribution is 2.47. The predicted octanol–water partition coefficient (Wildman–Crippen LogP) is 2.49. The number of carbonyl (C=O) groups excluding carboxylic acids is 2. The zero-order valence-corrected chi connectivity index (χ0v) is 25.0. The van der Waals surface area contributed by atoms with Crippen LogP contribution >= 0.6 is 0 Å². The summed E-state index contributed by atoms with van der Waals surface area (Å²) in [5, 5.41) is 10.5. The molecular formula is C30H46N4O7. The number of carbonyl (C=O) groups is 3. The van der Waals surface area contributed by atoms with Crippen LogP contribution in [0, 0.1) is 5.92 Å². The van der Waals surface area contributed by atoms with Crippen molar-refractivity contribution in [2.45, 2.75) is 57.4 Å². The minimum atomic E-state index is -0.909. The monoisotopic (exact) mass is 574 g/mol. The van der Waals surface area contributed by atoms with E-state index >= 15 is 0 Å². The quantitative estimate of drug-likeness (QED) is 0.338. The molecule has 3 unspecified atom stereocenters. The molecule has 0 radical (unpaired) electrons. The second-order valence-corrected chi connectivity index (χ2v) is 11.6. The van der Waals surface area contributed by atoms with Gasteiger partial charge in [0.1, 0.15) is 0 Å². The lowest BCUT2D eigenvalue weighted by molar-refractivity contribution is -0.144. The number of hydrogen-bond acceptors (Lipinski definition) is 8. The van der Waals surface area contributed by atoms with E-state index in [1.54, 1.807) is 7.11 Å². The minimum Gasteiger partial charge on any atom is -0.493 e. The van der Waals surface area contributed by atoms with Crippen molar-refractivity contribution in [3.63, 3.8) is 0 Å². The summed E-state index contributed by atoms with van der Waals surface area (Å²) in [5.41, 5.74) is 0.782. The number of nitrogens with zero attached hydrogens (tertiary/aromatic N) is 4. The third-order valence-corrected chi connectivity index (χ3v) is 8.51. The fourth-order valence-corrected chi connectivity index (χ4v) is 6.34. The number of hydrogen-bond donors (Lipinski definition) is 1. The number of fused-ring (bicyclic) bond motifs is 1. The normalized spacial score (nSPS) is 22.1. The smallest absolute Gasteiger partial charge is 0.308 e. The van der Waals surface area contributed by atoms with E-state index in [1.807, 2.05) is 40.9 Å². The molecule has 0 spiro atoms. The van der Waals surface area contributed by atoms with Crippen LogP contribution in [0.1, 0.15) is 56.9 Å². The molecule has 11 heteroatoms. The van der Waals surface area contributed by atoms with Crippen molar-refractivity contribution in [2.24, 2.45) is 5.92 Å². The molecule has 0 aliphatic carbocycles. The average molecular weight is 575 g/mol. The minimum absolute atomic E-state index is 0.0208. The first-order valence-corrected chi connectivity index (χ1v) is 14.9. The van der Waals surface area contributed by atoms with Crippen LogP contribution < -0.4 is 14.2 Å². The fraction of sp³-hybridized carbons (Fsp3) is 0.700. The number of benzene rings is 1. The largest absolute Gasteiger partial charge is 0.493 e. The van der Waals surface area contributed by atoms with E-state index in [0.29, 0.717) is 62.8 Å². The summed E-state index contributed by atoms with van der Waals surface area (Å²) in [6, 6.07) is 3.27. The summed E-state index contributed by atoms with van der Waals surface area (Å²) in [6.07, 6.45) is 4.64. The molecule has 1 N–H and O–H groups in total. The maximum atomic E-state index is 13.7. The van der Waals surface area contributed by atoms with Gasteiger partial charge in [0.05, 0.1) is 19.6 Å². The number of rotatable bonds is 15. The van der Waals surface area contributed by atoms with Crippen LogP contribution in [-0.2, 0) is 14.4 Å². The molecule has 4 rings (SSSR count). The molecule has 2 amide bonds. The van der Waals surface area contributed by atoms with E-state index in [-0.39, 0.29) is 31.1 Å². The maximum Gasteiger partial charge on any atom is 0.308 e. The van der Waals surface area contributed by atoms with Gasteiger partial charge in [-0.2, -0.15) is 0 Å². The number of carboxylic acid groups (broad SMARTS) is 1. The van der Waals surface area contributed by atoms with Crippen molar-refractivity contribution in [1.82, 2.24) is 19.6 Å². The van der Waals surface area contributed by atoms with Crippen LogP contribution in [-0.4, -0.2) is 122 Å². The topological polar surface area (TPSA) is 112 Å². The van der Waals surface area contributed by atoms with Crippen molar-refractivity contribution >= 4 is 17.8 Å². The van der Waals surface area contributed by atoms with Crippen molar-refractivity contribution in [2.75, 3.05) is 73.8 Å². The highest BCUT2D eigenvalue weighted by molar-refractivity contribution is 5.79. The van der Waals surface area contributed by atoms with Crippen LogP contribution in [0.25, 0.3) is 0 Å². The van der Waals surface area contributed by atoms with Gasteiger partial charge in [-0.1, -0.05) is 13.3 Å². The highest BCUT2D eigenvalue weighted by atomic mass is 16.7. The zero-order valence-electron chi connectivity index (χ0n) is 25.0. The Hall–Kier alpha value is -3.05. The number of amides is 2. The van der Waals surface area contributed by atoms with Crippen LogP contribution in [0.4, 0.5) is 0 Å². The van der Waals surface area contributed by atoms with Gasteiger partial charge in [-0.3, -0.25) is 19.3 Å². The van der Waals surface area contributed by atoms with Gasteiger partial charge in [0, 0.05) is 51.1 Å². The number of ether oxygens (including phenoxy) is 3. The summed E-state index contributed by atoms with van der Waals surface area (Å²) in [6.45, 7) is 6.17. The highest BCUT2D eigenvalue weighted by Gasteiger charge is 2.48. The van der Waals surface area contributed by atoms with E-state index in [4.69, 9.17) is 14.2 Å². The Kier molecular flexibility index (Phi) is 10.7. The second kappa shape index (κ2) is 14.2. The predicted molar refractivity (Wildman–Crippen MR) is 153 cm³/mol. The van der Waals surface area contributed by atoms with Crippen molar-refractivity contribution in [1.29, 1.82) is 0 Å². The summed E-state index contributed by atoms with van der Waals surface area (Å²) in [5.74, 6) is -0.379. The van der Waals surface area contributed by atoms with E-state index in [1.165, 1.54) is 0 Å². The van der Waals surface area contributed by atoms with Crippen LogP contribution in [0.15, 0.2) is 12.1 Å². The van der Waals surface area contributed by atoms with E-state index in [9.17, 15) is 19.5 Å². The Labute approximate surface area is 243 Å². The molecule has 11 nitrogen and oxygen atoms in total. The van der Waals surface area contributed by atoms with Crippen LogP contribution in [0.2, 0.25) is 0 Å². The lowest BCUT2D eigenvalue weighted by atomic mass is 9.84. The number of unbranched alkanes of at least 4 members (excludes halogenated alkanes) is 1. The first kappa shape index (κ1) is 30.9. The molecule has 2 fully saturated rings. The third-order valence-electron chi connectivity index (χ3n) is 8.51. The summed E-state index contributed by atoms with van der Waals surface area (Å²) in [7, 11) is 5.59. The molecule has 1 aromatic rings. The average Bonchev–Trinajstić information content (AvgIpc) is 3.67. The first-order valence-electron chi connectivity index (χ1n) is 14.9. The van der Waals surface area contributed by atoms with E-state index in [2.05, 4.69) is 11.8 Å². The van der Waals surface area contributed by atoms with Gasteiger partial charge in [-0.25, -0.2) is 0 Å². The van der Waals surface area contributed by atoms with Gasteiger partial charge in [0.2, 0.25) is 24.4 Å². The molecule has 2 saturated heterocycles. The van der Waals surface area contributed by atoms with Gasteiger partial charge in [0.25, 0.3) is 0 Å². The van der Waals surface area contributed by atoms with Crippen LogP contribution in [0.5, 0.6) is 17.2 Å². The number of methoxy groups -OCH3 is 1. The summed E-state index contributed by atoms with van der Waals surface area (Å²) >= 11 is 0. The van der Waals surface area contributed by atoms with Gasteiger partial charge < -0.3 is 34.0 Å². The standard InChI is InChI=1S/C30H46N4O7/c1-5-6-12-32(14-8-11-31(2)3)27(36)19-34-18-22(21-16-24(39-4)29-25(17-21)40-20-41-29)28(30(37)38)23(34)10-15-33-13-7-9-26(33)35/h16-17,22-23,28H,5-15,18-20H2,1-4H3,(H,37,38). The van der Waals surface area contributed by atoms with Crippen molar-refractivity contribution in [3.05, 3.63) is 17.7 Å². The lowest BCUT2D eigenvalue weighted by Crippen LogP contribution is -2.46. The fourth-order valence-electron chi connectivity index (χ4n) is 6.34. The molecule has 3 atom stereocenters. The summed E-state index contributed by atoms with van der Waals surface area (Å²) < 4.78 is 16.7. The molecule has 0 saturated carbocycles. The number of likely N-dealkylation sites (tertiary alicyclic amines) is 2. The Bertz CT molecular complexity index is 1080. The molecule has 228 valence electrons. The molecule has 41 heavy (non-hydrogen) atoms. The number of carboxylic acids is 1. The Morgan fingerprint density at radius 2 is 1.93 bits per heavy atom. The molecule has 1 aromatic carbocycles. The van der Waals surface area contributed by atoms with Crippen LogP contribution in [0.3, 0.4) is 0 Å². The third kappa shape index (κ3) is 7.43. The van der Waals surface area contributed by atoms with Gasteiger partial charge in [-0.05, 0) is 64.0 Å². The second-order valence-electron chi connectivity index (χ2n) is 11.6. The molecule has 3 aliphatic rings. The Morgan fingerprint density at radius 1 is 1.15 bits per heavy atom. The molecule has 0 aromatic heterocycles. The first-order chi connectivity index (χ1) is 19.7. The Morgan fingerprint density at radius 3 is 2.59 bits per heavy atom. The Balaban J connectivity index is 1.60. The number of aliphatic carboxylic acids is 1. The van der Waals surface area contributed by atoms with Crippen molar-refractivity contribution in [3.8, 4) is 17.2 Å². The van der Waals surface area contributed by atoms with Gasteiger partial charge in [-0.15, -0.1) is 0 Å². The lowest BCUT2D eigenvalue weighted by Gasteiger charge is -2.31. The molecular weight excluding hydrogens is 528 g/mol. The van der Waals surface area contributed by atoms with Crippen molar-refractivity contribution < 1.29 is 33.7 Å². The van der Waals surface area contributed by atoms with E-state index < -0.39 is 17.9 Å². The van der Waals surface area contributed by atoms with Gasteiger partial charge in [0.15, 0.2) is 11.5 Å². The molecule has 3 heterocycles. The molecule has 0 bridgehead atoms. The zero-order chi connectivity index (χ0) is 29.5. The summed E-state index contributed by atoms with van der Waals surface area (Å²) in [4.78, 5) is 46.8. The molecule has 3 aliphatic heterocycles. The SMILES string of the molecule is CCCCN(CCCN(C)C)C(=O)CN1CC(c2cc(OC)c3c(c2)OCO3)C(C(=O)O)C1CCN1CCCC1=O.